The Morgan fingerprint density at radius 3 is 2.71 bits per heavy atom. The fourth-order valence-electron chi connectivity index (χ4n) is 2.30. The molecular weight excluding hydrogens is 271 g/mol. The van der Waals surface area contributed by atoms with E-state index in [0.717, 1.165) is 18.4 Å². The molecule has 0 N–H and O–H groups in total. The Hall–Kier alpha value is -2.24. The minimum Gasteiger partial charge on any atom is -0.335 e. The van der Waals surface area contributed by atoms with Crippen molar-refractivity contribution in [3.8, 4) is 0 Å². The molecule has 0 saturated heterocycles. The number of halogens is 1. The van der Waals surface area contributed by atoms with Crippen LogP contribution in [0.3, 0.4) is 0 Å². The lowest BCUT2D eigenvalue weighted by molar-refractivity contribution is -0.132. The molecule has 1 aliphatic carbocycles. The molecule has 0 spiro atoms. The van der Waals surface area contributed by atoms with E-state index < -0.39 is 0 Å². The summed E-state index contributed by atoms with van der Waals surface area (Å²) in [5.41, 5.74) is 0.956. The number of hydrogen-bond acceptors (Lipinski definition) is 3. The van der Waals surface area contributed by atoms with Crippen molar-refractivity contribution in [2.24, 2.45) is 0 Å². The Morgan fingerprint density at radius 1 is 1.33 bits per heavy atom. The third kappa shape index (κ3) is 3.65. The van der Waals surface area contributed by atoms with Crippen molar-refractivity contribution < 1.29 is 9.18 Å². The summed E-state index contributed by atoms with van der Waals surface area (Å²) < 4.78 is 14.6. The van der Waals surface area contributed by atoms with Crippen LogP contribution in [0.2, 0.25) is 0 Å². The van der Waals surface area contributed by atoms with Crippen LogP contribution >= 0.6 is 0 Å². The highest BCUT2D eigenvalue weighted by Gasteiger charge is 2.32. The Balaban J connectivity index is 1.61. The molecule has 0 atom stereocenters. The van der Waals surface area contributed by atoms with Gasteiger partial charge in [-0.25, -0.2) is 9.37 Å². The van der Waals surface area contributed by atoms with E-state index in [0.29, 0.717) is 25.6 Å². The first-order chi connectivity index (χ1) is 10.2. The Labute approximate surface area is 122 Å². The largest absolute Gasteiger partial charge is 0.335 e. The quantitative estimate of drug-likeness (QED) is 0.817. The molecule has 0 radical (unpaired) electrons. The highest BCUT2D eigenvalue weighted by Crippen LogP contribution is 2.29. The van der Waals surface area contributed by atoms with E-state index in [1.165, 1.54) is 18.5 Å². The van der Waals surface area contributed by atoms with Gasteiger partial charge in [0.05, 0.1) is 6.54 Å². The van der Waals surface area contributed by atoms with E-state index in [1.807, 2.05) is 4.90 Å². The van der Waals surface area contributed by atoms with Gasteiger partial charge in [0.25, 0.3) is 0 Å². The van der Waals surface area contributed by atoms with E-state index in [-0.39, 0.29) is 11.7 Å². The molecule has 0 bridgehead atoms. The number of aryl methyl sites for hydroxylation is 1. The van der Waals surface area contributed by atoms with E-state index in [4.69, 9.17) is 0 Å². The number of benzene rings is 1. The van der Waals surface area contributed by atoms with E-state index in [2.05, 4.69) is 10.1 Å². The van der Waals surface area contributed by atoms with Crippen LogP contribution in [0.1, 0.15) is 24.8 Å². The molecule has 1 heterocycles. The first-order valence-electron chi connectivity index (χ1n) is 7.09. The fraction of sp³-hybridized carbons (Fsp3) is 0.400. The third-order valence-electron chi connectivity index (χ3n) is 3.60. The molecule has 0 aliphatic heterocycles. The van der Waals surface area contributed by atoms with Crippen LogP contribution in [0, 0.1) is 5.82 Å². The summed E-state index contributed by atoms with van der Waals surface area (Å²) in [5, 5.41) is 3.99. The van der Waals surface area contributed by atoms with Gasteiger partial charge in [0, 0.05) is 19.0 Å². The monoisotopic (exact) mass is 288 g/mol. The zero-order valence-electron chi connectivity index (χ0n) is 11.7. The first kappa shape index (κ1) is 13.7. The number of rotatable bonds is 6. The van der Waals surface area contributed by atoms with Crippen molar-refractivity contribution in [2.75, 3.05) is 0 Å². The molecule has 1 amide bonds. The van der Waals surface area contributed by atoms with Gasteiger partial charge in [-0.2, -0.15) is 5.10 Å². The summed E-state index contributed by atoms with van der Waals surface area (Å²) in [4.78, 5) is 18.1. The Morgan fingerprint density at radius 2 is 2.10 bits per heavy atom. The van der Waals surface area contributed by atoms with Gasteiger partial charge < -0.3 is 4.90 Å². The Bertz CT molecular complexity index is 593. The van der Waals surface area contributed by atoms with Crippen LogP contribution in [-0.4, -0.2) is 31.6 Å². The van der Waals surface area contributed by atoms with Crippen molar-refractivity contribution in [1.29, 1.82) is 0 Å². The smallest absolute Gasteiger partial charge is 0.224 e. The van der Waals surface area contributed by atoms with Crippen molar-refractivity contribution in [1.82, 2.24) is 19.7 Å². The molecule has 6 heteroatoms. The van der Waals surface area contributed by atoms with Crippen molar-refractivity contribution >= 4 is 5.91 Å². The first-order valence-corrected chi connectivity index (χ1v) is 7.09. The number of nitrogens with zero attached hydrogens (tertiary/aromatic N) is 4. The van der Waals surface area contributed by atoms with Gasteiger partial charge in [0.2, 0.25) is 5.91 Å². The molecule has 1 aromatic heterocycles. The lowest BCUT2D eigenvalue weighted by Crippen LogP contribution is -2.33. The number of amides is 1. The number of carbonyl (C=O) groups is 1. The summed E-state index contributed by atoms with van der Waals surface area (Å²) in [6.45, 7) is 1.08. The van der Waals surface area contributed by atoms with Crippen LogP contribution < -0.4 is 0 Å². The topological polar surface area (TPSA) is 51.0 Å². The number of carbonyl (C=O) groups excluding carboxylic acids is 1. The maximum atomic E-state index is 12.9. The summed E-state index contributed by atoms with van der Waals surface area (Å²) in [5.74, 6) is -0.147. The van der Waals surface area contributed by atoms with Crippen molar-refractivity contribution in [2.45, 2.75) is 38.4 Å². The average molecular weight is 288 g/mol. The maximum Gasteiger partial charge on any atom is 0.224 e. The molecule has 1 fully saturated rings. The molecular formula is C15H17FN4O. The predicted molar refractivity (Wildman–Crippen MR) is 74.6 cm³/mol. The van der Waals surface area contributed by atoms with E-state index in [9.17, 15) is 9.18 Å². The standard InChI is InChI=1S/C15H17FN4O/c16-13-3-1-12(2-4-13)9-20(14-5-6-14)15(21)7-8-19-11-17-10-18-19/h1-4,10-11,14H,5-9H2. The third-order valence-corrected chi connectivity index (χ3v) is 3.60. The van der Waals surface area contributed by atoms with Crippen LogP contribution in [0.25, 0.3) is 0 Å². The molecule has 1 saturated carbocycles. The van der Waals surface area contributed by atoms with Crippen LogP contribution in [-0.2, 0) is 17.9 Å². The fourth-order valence-corrected chi connectivity index (χ4v) is 2.30. The molecule has 3 rings (SSSR count). The maximum absolute atomic E-state index is 12.9. The van der Waals surface area contributed by atoms with Gasteiger partial charge >= 0.3 is 0 Å². The molecule has 5 nitrogen and oxygen atoms in total. The van der Waals surface area contributed by atoms with E-state index in [1.54, 1.807) is 23.1 Å². The summed E-state index contributed by atoms with van der Waals surface area (Å²) in [6.07, 6.45) is 5.57. The molecule has 0 unspecified atom stereocenters. The highest BCUT2D eigenvalue weighted by atomic mass is 19.1. The van der Waals surface area contributed by atoms with Crippen molar-refractivity contribution in [3.63, 3.8) is 0 Å². The molecule has 2 aromatic rings. The zero-order chi connectivity index (χ0) is 14.7. The predicted octanol–water partition coefficient (Wildman–Crippen LogP) is 2.00. The zero-order valence-corrected chi connectivity index (χ0v) is 11.7. The lowest BCUT2D eigenvalue weighted by atomic mass is 10.2. The molecule has 1 aromatic carbocycles. The van der Waals surface area contributed by atoms with Crippen LogP contribution in [0.15, 0.2) is 36.9 Å². The van der Waals surface area contributed by atoms with Gasteiger partial charge in [-0.05, 0) is 30.5 Å². The average Bonchev–Trinajstić information content (AvgIpc) is 3.19. The highest BCUT2D eigenvalue weighted by molar-refractivity contribution is 5.76. The second kappa shape index (κ2) is 6.03. The van der Waals surface area contributed by atoms with Crippen LogP contribution in [0.5, 0.6) is 0 Å². The summed E-state index contributed by atoms with van der Waals surface area (Å²) in [6, 6.07) is 6.66. The van der Waals surface area contributed by atoms with Gasteiger partial charge in [-0.3, -0.25) is 9.48 Å². The minimum atomic E-state index is -0.255. The van der Waals surface area contributed by atoms with Gasteiger partial charge in [0.1, 0.15) is 18.5 Å². The van der Waals surface area contributed by atoms with Gasteiger partial charge in [-0.15, -0.1) is 0 Å². The summed E-state index contributed by atoms with van der Waals surface area (Å²) in [7, 11) is 0. The Kier molecular flexibility index (Phi) is 3.94. The summed E-state index contributed by atoms with van der Waals surface area (Å²) >= 11 is 0. The lowest BCUT2D eigenvalue weighted by Gasteiger charge is -2.22. The normalized spacial score (nSPS) is 14.1. The number of aromatic nitrogens is 3. The van der Waals surface area contributed by atoms with Gasteiger partial charge in [0.15, 0.2) is 0 Å². The molecule has 21 heavy (non-hydrogen) atoms. The van der Waals surface area contributed by atoms with E-state index >= 15 is 0 Å². The molecule has 110 valence electrons. The SMILES string of the molecule is O=C(CCn1cncn1)N(Cc1ccc(F)cc1)C1CC1. The number of hydrogen-bond donors (Lipinski definition) is 0. The van der Waals surface area contributed by atoms with Gasteiger partial charge in [-0.1, -0.05) is 12.1 Å². The van der Waals surface area contributed by atoms with Crippen molar-refractivity contribution in [3.05, 3.63) is 48.3 Å². The molecule has 1 aliphatic rings. The second-order valence-corrected chi connectivity index (χ2v) is 5.29. The van der Waals surface area contributed by atoms with Crippen LogP contribution in [0.4, 0.5) is 4.39 Å². The second-order valence-electron chi connectivity index (χ2n) is 5.29. The minimum absolute atomic E-state index is 0.109.